The summed E-state index contributed by atoms with van der Waals surface area (Å²) in [5.74, 6) is -0.449. The third kappa shape index (κ3) is 4.26. The summed E-state index contributed by atoms with van der Waals surface area (Å²) in [6.45, 7) is 7.53. The molecule has 1 rings (SSSR count). The van der Waals surface area contributed by atoms with Crippen LogP contribution in [0.1, 0.15) is 36.7 Å². The SMILES string of the molecule is Cc1cccc(C(=O)N(C)CC(=O)NC(C)(C)C)c1N. The zero-order valence-electron chi connectivity index (χ0n) is 12.8. The Balaban J connectivity index is 2.77. The molecule has 0 bridgehead atoms. The number of benzene rings is 1. The summed E-state index contributed by atoms with van der Waals surface area (Å²) in [5.41, 5.74) is 7.33. The van der Waals surface area contributed by atoms with Crippen LogP contribution in [-0.4, -0.2) is 35.8 Å². The number of nitrogens with zero attached hydrogens (tertiary/aromatic N) is 1. The third-order valence-electron chi connectivity index (χ3n) is 2.80. The number of carbonyl (C=O) groups is 2. The lowest BCUT2D eigenvalue weighted by molar-refractivity contribution is -0.122. The first-order chi connectivity index (χ1) is 9.11. The predicted molar refractivity (Wildman–Crippen MR) is 80.4 cm³/mol. The lowest BCUT2D eigenvalue weighted by Crippen LogP contribution is -2.46. The molecule has 0 heterocycles. The van der Waals surface area contributed by atoms with Gasteiger partial charge < -0.3 is 16.0 Å². The fraction of sp³-hybridized carbons (Fsp3) is 0.467. The number of nitrogen functional groups attached to an aromatic ring is 1. The van der Waals surface area contributed by atoms with Crippen molar-refractivity contribution in [1.29, 1.82) is 0 Å². The Morgan fingerprint density at radius 2 is 1.90 bits per heavy atom. The highest BCUT2D eigenvalue weighted by Crippen LogP contribution is 2.17. The molecule has 110 valence electrons. The van der Waals surface area contributed by atoms with Gasteiger partial charge in [0.15, 0.2) is 0 Å². The van der Waals surface area contributed by atoms with E-state index in [0.717, 1.165) is 5.56 Å². The van der Waals surface area contributed by atoms with Crippen LogP contribution >= 0.6 is 0 Å². The van der Waals surface area contributed by atoms with E-state index in [1.807, 2.05) is 33.8 Å². The predicted octanol–water partition coefficient (Wildman–Crippen LogP) is 1.56. The Hall–Kier alpha value is -2.04. The van der Waals surface area contributed by atoms with Crippen molar-refractivity contribution in [2.75, 3.05) is 19.3 Å². The molecule has 0 saturated heterocycles. The number of hydrogen-bond acceptors (Lipinski definition) is 3. The monoisotopic (exact) mass is 277 g/mol. The Morgan fingerprint density at radius 1 is 1.30 bits per heavy atom. The van der Waals surface area contributed by atoms with Gasteiger partial charge >= 0.3 is 0 Å². The van der Waals surface area contributed by atoms with Gasteiger partial charge in [-0.05, 0) is 39.3 Å². The minimum absolute atomic E-state index is 0.00346. The zero-order chi connectivity index (χ0) is 15.5. The maximum absolute atomic E-state index is 12.3. The third-order valence-corrected chi connectivity index (χ3v) is 2.80. The van der Waals surface area contributed by atoms with Gasteiger partial charge in [-0.25, -0.2) is 0 Å². The topological polar surface area (TPSA) is 75.4 Å². The normalized spacial score (nSPS) is 11.1. The molecule has 0 spiro atoms. The first kappa shape index (κ1) is 16.0. The Kier molecular flexibility index (Phi) is 4.76. The molecule has 0 aliphatic rings. The maximum atomic E-state index is 12.3. The van der Waals surface area contributed by atoms with Crippen molar-refractivity contribution in [3.05, 3.63) is 29.3 Å². The maximum Gasteiger partial charge on any atom is 0.256 e. The second kappa shape index (κ2) is 5.94. The number of amides is 2. The van der Waals surface area contributed by atoms with E-state index in [-0.39, 0.29) is 23.9 Å². The lowest BCUT2D eigenvalue weighted by Gasteiger charge is -2.23. The lowest BCUT2D eigenvalue weighted by atomic mass is 10.1. The van der Waals surface area contributed by atoms with Gasteiger partial charge in [0.25, 0.3) is 5.91 Å². The largest absolute Gasteiger partial charge is 0.398 e. The van der Waals surface area contributed by atoms with Crippen molar-refractivity contribution in [3.8, 4) is 0 Å². The summed E-state index contributed by atoms with van der Waals surface area (Å²) in [7, 11) is 1.59. The smallest absolute Gasteiger partial charge is 0.256 e. The molecule has 1 aromatic carbocycles. The molecule has 0 radical (unpaired) electrons. The van der Waals surface area contributed by atoms with Crippen molar-refractivity contribution in [1.82, 2.24) is 10.2 Å². The molecule has 0 saturated carbocycles. The molecule has 5 nitrogen and oxygen atoms in total. The number of para-hydroxylation sites is 1. The van der Waals surface area contributed by atoms with Crippen molar-refractivity contribution in [2.45, 2.75) is 33.2 Å². The number of carbonyl (C=O) groups excluding carboxylic acids is 2. The van der Waals surface area contributed by atoms with Crippen LogP contribution < -0.4 is 11.1 Å². The Bertz CT molecular complexity index is 518. The first-order valence-electron chi connectivity index (χ1n) is 6.53. The molecule has 1 aromatic rings. The van der Waals surface area contributed by atoms with Crippen LogP contribution in [0.25, 0.3) is 0 Å². The summed E-state index contributed by atoms with van der Waals surface area (Å²) in [6.07, 6.45) is 0. The number of anilines is 1. The van der Waals surface area contributed by atoms with Crippen LogP contribution in [-0.2, 0) is 4.79 Å². The van der Waals surface area contributed by atoms with Crippen LogP contribution in [0.15, 0.2) is 18.2 Å². The summed E-state index contributed by atoms with van der Waals surface area (Å²) >= 11 is 0. The van der Waals surface area contributed by atoms with E-state index in [4.69, 9.17) is 5.73 Å². The number of rotatable bonds is 3. The minimum atomic E-state index is -0.316. The quantitative estimate of drug-likeness (QED) is 0.823. The van der Waals surface area contributed by atoms with Crippen LogP contribution in [0, 0.1) is 6.92 Å². The molecule has 0 aliphatic carbocycles. The van der Waals surface area contributed by atoms with Crippen molar-refractivity contribution in [3.63, 3.8) is 0 Å². The molecule has 3 N–H and O–H groups in total. The van der Waals surface area contributed by atoms with E-state index >= 15 is 0 Å². The van der Waals surface area contributed by atoms with Gasteiger partial charge in [-0.15, -0.1) is 0 Å². The molecule has 0 atom stereocenters. The molecule has 0 aromatic heterocycles. The average Bonchev–Trinajstić information content (AvgIpc) is 2.29. The van der Waals surface area contributed by atoms with Gasteiger partial charge in [0.1, 0.15) is 0 Å². The van der Waals surface area contributed by atoms with Crippen LogP contribution in [0.3, 0.4) is 0 Å². The Morgan fingerprint density at radius 3 is 2.45 bits per heavy atom. The molecule has 20 heavy (non-hydrogen) atoms. The van der Waals surface area contributed by atoms with Crippen LogP contribution in [0.2, 0.25) is 0 Å². The fourth-order valence-electron chi connectivity index (χ4n) is 1.82. The summed E-state index contributed by atoms with van der Waals surface area (Å²) in [5, 5.41) is 2.82. The van der Waals surface area contributed by atoms with E-state index in [1.54, 1.807) is 19.2 Å². The number of nitrogens with two attached hydrogens (primary N) is 1. The molecular formula is C15H23N3O2. The minimum Gasteiger partial charge on any atom is -0.398 e. The van der Waals surface area contributed by atoms with E-state index in [1.165, 1.54) is 4.90 Å². The summed E-state index contributed by atoms with van der Waals surface area (Å²) < 4.78 is 0. The van der Waals surface area contributed by atoms with Crippen molar-refractivity contribution < 1.29 is 9.59 Å². The fourth-order valence-corrected chi connectivity index (χ4v) is 1.82. The molecule has 2 amide bonds. The number of aryl methyl sites for hydroxylation is 1. The van der Waals surface area contributed by atoms with E-state index < -0.39 is 0 Å². The van der Waals surface area contributed by atoms with Gasteiger partial charge in [-0.1, -0.05) is 12.1 Å². The van der Waals surface area contributed by atoms with E-state index in [0.29, 0.717) is 11.3 Å². The van der Waals surface area contributed by atoms with E-state index in [9.17, 15) is 9.59 Å². The summed E-state index contributed by atoms with van der Waals surface area (Å²) in [4.78, 5) is 25.5. The molecule has 0 fully saturated rings. The molecular weight excluding hydrogens is 254 g/mol. The molecule has 0 aliphatic heterocycles. The standard InChI is InChI=1S/C15H23N3O2/c1-10-7-6-8-11(13(10)16)14(20)18(5)9-12(19)17-15(2,3)4/h6-8H,9,16H2,1-5H3,(H,17,19). The number of nitrogens with one attached hydrogen (secondary N) is 1. The van der Waals surface area contributed by atoms with Crippen LogP contribution in [0.4, 0.5) is 5.69 Å². The first-order valence-corrected chi connectivity index (χ1v) is 6.53. The highest BCUT2D eigenvalue weighted by Gasteiger charge is 2.20. The second-order valence-electron chi connectivity index (χ2n) is 6.00. The van der Waals surface area contributed by atoms with Gasteiger partial charge in [0.05, 0.1) is 12.1 Å². The number of hydrogen-bond donors (Lipinski definition) is 2. The second-order valence-corrected chi connectivity index (χ2v) is 6.00. The average molecular weight is 277 g/mol. The van der Waals surface area contributed by atoms with Crippen molar-refractivity contribution in [2.24, 2.45) is 0 Å². The summed E-state index contributed by atoms with van der Waals surface area (Å²) in [6, 6.07) is 5.29. The van der Waals surface area contributed by atoms with Crippen LogP contribution in [0.5, 0.6) is 0 Å². The zero-order valence-corrected chi connectivity index (χ0v) is 12.8. The molecule has 0 unspecified atom stereocenters. The van der Waals surface area contributed by atoms with Gasteiger partial charge in [0, 0.05) is 18.3 Å². The number of likely N-dealkylation sites (N-methyl/N-ethyl adjacent to an activating group) is 1. The highest BCUT2D eigenvalue weighted by molar-refractivity contribution is 6.01. The van der Waals surface area contributed by atoms with E-state index in [2.05, 4.69) is 5.32 Å². The molecule has 5 heteroatoms. The highest BCUT2D eigenvalue weighted by atomic mass is 16.2. The Labute approximate surface area is 120 Å². The van der Waals surface area contributed by atoms with Gasteiger partial charge in [-0.3, -0.25) is 9.59 Å². The van der Waals surface area contributed by atoms with Crippen molar-refractivity contribution >= 4 is 17.5 Å². The van der Waals surface area contributed by atoms with Gasteiger partial charge in [0.2, 0.25) is 5.91 Å². The van der Waals surface area contributed by atoms with Gasteiger partial charge in [-0.2, -0.15) is 0 Å².